The molecule has 3 heterocycles. The highest BCUT2D eigenvalue weighted by atomic mass is 32.2. The number of hydrogen-bond donors (Lipinski definition) is 9. The van der Waals surface area contributed by atoms with Crippen LogP contribution in [0.3, 0.4) is 0 Å². The van der Waals surface area contributed by atoms with Gasteiger partial charge in [0.05, 0.1) is 19.5 Å². The van der Waals surface area contributed by atoms with Crippen molar-refractivity contribution in [3.8, 4) is 0 Å². The van der Waals surface area contributed by atoms with Crippen molar-refractivity contribution in [2.45, 2.75) is 77.1 Å². The zero-order valence-corrected chi connectivity index (χ0v) is 33.6. The second-order valence-corrected chi connectivity index (χ2v) is 18.2. The molecular weight excluding hydrogens is 835 g/mol. The predicted molar refractivity (Wildman–Crippen MR) is 192 cm³/mol. The first-order valence-electron chi connectivity index (χ1n) is 16.5. The van der Waals surface area contributed by atoms with Crippen LogP contribution in [0.1, 0.15) is 52.7 Å². The number of rotatable bonds is 23. The largest absolute Gasteiger partial charge is 0.481 e. The molecule has 0 radical (unpaired) electrons. The number of fused-ring (bicyclic) bond motifs is 1. The van der Waals surface area contributed by atoms with E-state index in [0.29, 0.717) is 18.6 Å². The van der Waals surface area contributed by atoms with Crippen molar-refractivity contribution in [2.24, 2.45) is 5.41 Å². The van der Waals surface area contributed by atoms with Gasteiger partial charge in [-0.2, -0.15) is 4.31 Å². The Labute approximate surface area is 322 Å². The minimum absolute atomic E-state index is 0.0101. The van der Waals surface area contributed by atoms with Gasteiger partial charge in [-0.05, 0) is 13.3 Å². The average Bonchev–Trinajstić information content (AvgIpc) is 3.64. The summed E-state index contributed by atoms with van der Waals surface area (Å²) in [6.45, 7) is 1.83. The number of carbonyl (C=O) groups is 4. The number of hydrogen-bond acceptors (Lipinski definition) is 19. The maximum Gasteiger partial charge on any atom is 0.481 e. The van der Waals surface area contributed by atoms with Crippen LogP contribution in [0, 0.1) is 5.41 Å². The van der Waals surface area contributed by atoms with Gasteiger partial charge in [-0.15, -0.1) is 0 Å². The summed E-state index contributed by atoms with van der Waals surface area (Å²) in [6.07, 6.45) is -5.99. The van der Waals surface area contributed by atoms with E-state index < -0.39 is 84.6 Å². The molecule has 0 aromatic carbocycles. The van der Waals surface area contributed by atoms with Crippen LogP contribution in [0.25, 0.3) is 11.2 Å². The number of aromatic nitrogens is 4. The topological polar surface area (TPSA) is 381 Å². The van der Waals surface area contributed by atoms with Gasteiger partial charge >= 0.3 is 23.5 Å². The molecule has 2 aromatic heterocycles. The Morgan fingerprint density at radius 3 is 2.36 bits per heavy atom. The van der Waals surface area contributed by atoms with Crippen LogP contribution in [0.15, 0.2) is 12.7 Å². The van der Waals surface area contributed by atoms with Crippen molar-refractivity contribution in [3.05, 3.63) is 12.7 Å². The Balaban J connectivity index is 1.47. The Bertz CT molecular complexity index is 1860. The highest BCUT2D eigenvalue weighted by Crippen LogP contribution is 2.61. The third kappa shape index (κ3) is 14.9. The second kappa shape index (κ2) is 20.3. The van der Waals surface area contributed by atoms with E-state index in [1.165, 1.54) is 20.8 Å². The van der Waals surface area contributed by atoms with Crippen LogP contribution in [0.5, 0.6) is 0 Å². The number of anilines is 1. The molecule has 7 unspecified atom stereocenters. The lowest BCUT2D eigenvalue weighted by Gasteiger charge is -2.30. The highest BCUT2D eigenvalue weighted by molar-refractivity contribution is 8.13. The number of ketones is 1. The minimum Gasteiger partial charge on any atom is -0.386 e. The van der Waals surface area contributed by atoms with Crippen LogP contribution >= 0.6 is 35.2 Å². The van der Waals surface area contributed by atoms with Crippen LogP contribution in [0.4, 0.5) is 5.82 Å². The second-order valence-electron chi connectivity index (χ2n) is 12.8. The number of thioether (sulfide) groups is 1. The van der Waals surface area contributed by atoms with Crippen molar-refractivity contribution in [1.29, 1.82) is 0 Å². The van der Waals surface area contributed by atoms with E-state index in [0.717, 1.165) is 29.0 Å². The van der Waals surface area contributed by atoms with Gasteiger partial charge in [-0.3, -0.25) is 32.5 Å². The first-order chi connectivity index (χ1) is 25.9. The van der Waals surface area contributed by atoms with E-state index in [2.05, 4.69) is 34.4 Å². The normalized spacial score (nSPS) is 21.6. The number of phosphoric ester groups is 3. The molecule has 1 aliphatic rings. The number of nitrogens with two attached hydrogens (primary N) is 1. The molecule has 25 nitrogen and oxygen atoms in total. The number of imidazole rings is 1. The molecule has 0 bridgehead atoms. The summed E-state index contributed by atoms with van der Waals surface area (Å²) in [6, 6.07) is 0. The van der Waals surface area contributed by atoms with E-state index in [1.54, 1.807) is 0 Å². The lowest BCUT2D eigenvalue weighted by atomic mass is 9.87. The van der Waals surface area contributed by atoms with Crippen LogP contribution in [-0.4, -0.2) is 128 Å². The van der Waals surface area contributed by atoms with Gasteiger partial charge in [0.25, 0.3) is 0 Å². The molecule has 0 aliphatic carbocycles. The standard InChI is InChI=1S/C27H44N7O18P3S/c1-15(35)5-4-6-18(37)56-10-9-29-17(36)7-8-30-25(40)22(39)27(2,3)12-49-55(46,47)52-54(44,45)48-11-16-21(51-53(41,42)43)20(38)26(50-16)34-14-33-19-23(28)31-13-32-24(19)34/h13-14,16,20-22,26,38-39H,4-12H2,1-3H3,(H,29,36)(H,30,40)(H,44,45)(H,46,47)(H2,28,31,32)(H2,41,42,43). The summed E-state index contributed by atoms with van der Waals surface area (Å²) in [5, 5.41) is 26.2. The molecule has 1 aliphatic heterocycles. The fraction of sp³-hybridized carbons (Fsp3) is 0.667. The molecule has 1 saturated heterocycles. The van der Waals surface area contributed by atoms with E-state index in [-0.39, 0.29) is 53.8 Å². The molecule has 316 valence electrons. The van der Waals surface area contributed by atoms with E-state index >= 15 is 0 Å². The fourth-order valence-corrected chi connectivity index (χ4v) is 8.40. The molecule has 1 fully saturated rings. The predicted octanol–water partition coefficient (Wildman–Crippen LogP) is -0.576. The zero-order valence-electron chi connectivity index (χ0n) is 30.1. The first-order valence-corrected chi connectivity index (χ1v) is 22.0. The highest BCUT2D eigenvalue weighted by Gasteiger charge is 2.50. The van der Waals surface area contributed by atoms with Gasteiger partial charge in [0.1, 0.15) is 42.0 Å². The van der Waals surface area contributed by atoms with Crippen molar-refractivity contribution in [2.75, 3.05) is 37.8 Å². The maximum absolute atomic E-state index is 12.7. The SMILES string of the molecule is CC(=O)CCCC(=O)SCCNC(=O)CCNC(=O)C(O)C(C)(C)COP(=O)(O)OP(=O)(O)OCC1OC(n2cnc3c(N)ncnc32)C(O)C1OP(=O)(O)O. The number of aliphatic hydroxyl groups is 2. The van der Waals surface area contributed by atoms with Crippen molar-refractivity contribution < 1.29 is 85.3 Å². The molecule has 2 amide bonds. The summed E-state index contributed by atoms with van der Waals surface area (Å²) in [5.41, 5.74) is 4.23. The lowest BCUT2D eigenvalue weighted by Crippen LogP contribution is -2.46. The number of phosphoric acid groups is 3. The number of aliphatic hydroxyl groups excluding tert-OH is 2. The van der Waals surface area contributed by atoms with Crippen LogP contribution < -0.4 is 16.4 Å². The van der Waals surface area contributed by atoms with Gasteiger partial charge in [0.2, 0.25) is 11.8 Å². The summed E-state index contributed by atoms with van der Waals surface area (Å²) in [7, 11) is -16.4. The Kier molecular flexibility index (Phi) is 17.2. The minimum atomic E-state index is -5.58. The number of Topliss-reactive ketones (excluding diaryl/α,β-unsaturated/α-hetero) is 1. The Morgan fingerprint density at radius 1 is 1.02 bits per heavy atom. The third-order valence-corrected chi connectivity index (χ3v) is 11.7. The van der Waals surface area contributed by atoms with Gasteiger partial charge in [-0.25, -0.2) is 28.6 Å². The molecule has 0 saturated carbocycles. The van der Waals surface area contributed by atoms with Crippen molar-refractivity contribution >= 4 is 74.9 Å². The van der Waals surface area contributed by atoms with Gasteiger partial charge < -0.3 is 55.7 Å². The Morgan fingerprint density at radius 2 is 1.70 bits per heavy atom. The zero-order chi connectivity index (χ0) is 42.1. The number of nitrogen functional groups attached to an aromatic ring is 1. The smallest absolute Gasteiger partial charge is 0.386 e. The lowest BCUT2D eigenvalue weighted by molar-refractivity contribution is -0.137. The van der Waals surface area contributed by atoms with E-state index in [1.807, 2.05) is 0 Å². The molecule has 3 rings (SSSR count). The molecule has 29 heteroatoms. The average molecular weight is 880 g/mol. The first kappa shape index (κ1) is 47.6. The molecule has 2 aromatic rings. The maximum atomic E-state index is 12.7. The summed E-state index contributed by atoms with van der Waals surface area (Å²) < 4.78 is 62.0. The number of amides is 2. The summed E-state index contributed by atoms with van der Waals surface area (Å²) in [4.78, 5) is 98.2. The van der Waals surface area contributed by atoms with Crippen LogP contribution in [-0.2, 0) is 55.5 Å². The van der Waals surface area contributed by atoms with Crippen molar-refractivity contribution in [1.82, 2.24) is 30.2 Å². The molecule has 10 N–H and O–H groups in total. The fourth-order valence-electron chi connectivity index (χ4n) is 4.85. The van der Waals surface area contributed by atoms with Gasteiger partial charge in [0, 0.05) is 43.5 Å². The van der Waals surface area contributed by atoms with Crippen molar-refractivity contribution in [3.63, 3.8) is 0 Å². The van der Waals surface area contributed by atoms with Gasteiger partial charge in [-0.1, -0.05) is 25.6 Å². The summed E-state index contributed by atoms with van der Waals surface area (Å²) in [5.74, 6) is -1.22. The molecular formula is C27H44N7O18P3S. The number of carbonyl (C=O) groups excluding carboxylic acids is 4. The number of nitrogens with zero attached hydrogens (tertiary/aromatic N) is 4. The van der Waals surface area contributed by atoms with E-state index in [9.17, 15) is 62.7 Å². The monoisotopic (exact) mass is 879 g/mol. The van der Waals surface area contributed by atoms with Gasteiger partial charge in [0.15, 0.2) is 22.8 Å². The molecule has 56 heavy (non-hydrogen) atoms. The quantitative estimate of drug-likeness (QED) is 0.0498. The number of nitrogens with one attached hydrogen (secondary N) is 2. The van der Waals surface area contributed by atoms with Crippen LogP contribution in [0.2, 0.25) is 0 Å². The third-order valence-electron chi connectivity index (χ3n) is 7.67. The summed E-state index contributed by atoms with van der Waals surface area (Å²) >= 11 is 1.01. The van der Waals surface area contributed by atoms with E-state index in [4.69, 9.17) is 19.5 Å². The Hall–Kier alpha value is -2.77. The molecule has 0 spiro atoms. The molecule has 7 atom stereocenters. The number of ether oxygens (including phenoxy) is 1.